The largest absolute Gasteiger partial charge is 0.489 e. The molecule has 31 heavy (non-hydrogen) atoms. The Bertz CT molecular complexity index is 1080. The van der Waals surface area contributed by atoms with Crippen LogP contribution in [0, 0.1) is 5.82 Å². The van der Waals surface area contributed by atoms with Gasteiger partial charge in [0.05, 0.1) is 5.69 Å². The number of para-hydroxylation sites is 2. The van der Waals surface area contributed by atoms with Crippen molar-refractivity contribution >= 4 is 23.2 Å². The lowest BCUT2D eigenvalue weighted by molar-refractivity contribution is -0.121. The van der Waals surface area contributed by atoms with Crippen molar-refractivity contribution in [2.75, 3.05) is 23.4 Å². The fourth-order valence-electron chi connectivity index (χ4n) is 3.25. The maximum absolute atomic E-state index is 13.0. The van der Waals surface area contributed by atoms with Crippen molar-refractivity contribution in [3.8, 4) is 11.5 Å². The number of amides is 2. The highest BCUT2D eigenvalue weighted by atomic mass is 19.1. The molecular weight excluding hydrogens is 399 g/mol. The van der Waals surface area contributed by atoms with E-state index in [4.69, 9.17) is 9.47 Å². The zero-order chi connectivity index (χ0) is 21.6. The lowest BCUT2D eigenvalue weighted by Crippen LogP contribution is -2.40. The third-order valence-corrected chi connectivity index (χ3v) is 4.81. The van der Waals surface area contributed by atoms with Crippen molar-refractivity contribution in [2.24, 2.45) is 0 Å². The summed E-state index contributed by atoms with van der Waals surface area (Å²) in [6.07, 6.45) is 0.140. The Kier molecular flexibility index (Phi) is 6.12. The van der Waals surface area contributed by atoms with Crippen molar-refractivity contribution < 1.29 is 23.5 Å². The van der Waals surface area contributed by atoms with Gasteiger partial charge in [0.2, 0.25) is 5.91 Å². The van der Waals surface area contributed by atoms with Crippen LogP contribution in [-0.4, -0.2) is 25.0 Å². The molecule has 0 aliphatic carbocycles. The van der Waals surface area contributed by atoms with Crippen LogP contribution in [0.25, 0.3) is 0 Å². The monoisotopic (exact) mass is 420 g/mol. The molecule has 0 saturated carbocycles. The van der Waals surface area contributed by atoms with Gasteiger partial charge < -0.3 is 19.7 Å². The van der Waals surface area contributed by atoms with Crippen LogP contribution in [0.3, 0.4) is 0 Å². The van der Waals surface area contributed by atoms with Crippen LogP contribution in [0.4, 0.5) is 15.8 Å². The highest BCUT2D eigenvalue weighted by molar-refractivity contribution is 5.99. The first-order valence-corrected chi connectivity index (χ1v) is 9.88. The van der Waals surface area contributed by atoms with E-state index >= 15 is 0 Å². The zero-order valence-electron chi connectivity index (χ0n) is 16.7. The Labute approximate surface area is 179 Å². The highest BCUT2D eigenvalue weighted by Crippen LogP contribution is 2.31. The van der Waals surface area contributed by atoms with Gasteiger partial charge in [-0.3, -0.25) is 9.59 Å². The average molecular weight is 420 g/mol. The quantitative estimate of drug-likeness (QED) is 0.623. The maximum atomic E-state index is 13.0. The van der Waals surface area contributed by atoms with Crippen LogP contribution in [0.5, 0.6) is 11.5 Å². The number of carbonyl (C=O) groups is 2. The normalized spacial score (nSPS) is 12.7. The number of benzene rings is 3. The molecule has 1 aliphatic rings. The summed E-state index contributed by atoms with van der Waals surface area (Å²) < 4.78 is 24.1. The molecule has 1 heterocycles. The summed E-state index contributed by atoms with van der Waals surface area (Å²) in [6, 6.07) is 20.4. The van der Waals surface area contributed by atoms with Crippen molar-refractivity contribution in [1.29, 1.82) is 0 Å². The molecule has 0 fully saturated rings. The third-order valence-electron chi connectivity index (χ3n) is 4.81. The molecule has 0 spiro atoms. The molecule has 2 amide bonds. The molecule has 158 valence electrons. The van der Waals surface area contributed by atoms with E-state index in [1.165, 1.54) is 12.1 Å². The number of carbonyl (C=O) groups excluding carboxylic acids is 2. The summed E-state index contributed by atoms with van der Waals surface area (Å²) in [5, 5.41) is 2.83. The smallest absolute Gasteiger partial charge is 0.265 e. The van der Waals surface area contributed by atoms with Gasteiger partial charge in [-0.15, -0.1) is 0 Å². The minimum absolute atomic E-state index is 0.0356. The summed E-state index contributed by atoms with van der Waals surface area (Å²) in [5.41, 5.74) is 2.10. The van der Waals surface area contributed by atoms with Crippen LogP contribution >= 0.6 is 0 Å². The Morgan fingerprint density at radius 3 is 2.71 bits per heavy atom. The number of halogens is 1. The van der Waals surface area contributed by atoms with Gasteiger partial charge >= 0.3 is 0 Å². The highest BCUT2D eigenvalue weighted by Gasteiger charge is 2.25. The number of nitrogens with one attached hydrogen (secondary N) is 1. The van der Waals surface area contributed by atoms with E-state index in [2.05, 4.69) is 5.32 Å². The zero-order valence-corrected chi connectivity index (χ0v) is 16.7. The Morgan fingerprint density at radius 2 is 1.87 bits per heavy atom. The molecule has 1 aliphatic heterocycles. The van der Waals surface area contributed by atoms with E-state index in [-0.39, 0.29) is 43.8 Å². The van der Waals surface area contributed by atoms with Gasteiger partial charge in [-0.1, -0.05) is 30.3 Å². The summed E-state index contributed by atoms with van der Waals surface area (Å²) in [7, 11) is 0. The SMILES string of the molecule is O=C(CCN1C(=O)COc2ccccc21)Nc1cccc(OCc2ccc(F)cc2)c1. The molecule has 0 atom stereocenters. The van der Waals surface area contributed by atoms with E-state index in [0.717, 1.165) is 5.56 Å². The van der Waals surface area contributed by atoms with E-state index in [0.29, 0.717) is 22.9 Å². The summed E-state index contributed by atoms with van der Waals surface area (Å²) >= 11 is 0. The van der Waals surface area contributed by atoms with Crippen molar-refractivity contribution in [2.45, 2.75) is 13.0 Å². The molecule has 0 radical (unpaired) electrons. The molecule has 4 rings (SSSR count). The molecule has 3 aromatic rings. The van der Waals surface area contributed by atoms with Gasteiger partial charge in [0.25, 0.3) is 5.91 Å². The second-order valence-corrected chi connectivity index (χ2v) is 7.04. The molecule has 0 saturated heterocycles. The average Bonchev–Trinajstić information content (AvgIpc) is 2.78. The number of ether oxygens (including phenoxy) is 2. The van der Waals surface area contributed by atoms with Gasteiger partial charge in [0.15, 0.2) is 6.61 Å². The number of nitrogens with zero attached hydrogens (tertiary/aromatic N) is 1. The lowest BCUT2D eigenvalue weighted by atomic mass is 10.2. The predicted octanol–water partition coefficient (Wildman–Crippen LogP) is 4.16. The van der Waals surface area contributed by atoms with E-state index in [1.54, 1.807) is 53.4 Å². The molecule has 3 aromatic carbocycles. The lowest BCUT2D eigenvalue weighted by Gasteiger charge is -2.29. The first-order valence-electron chi connectivity index (χ1n) is 9.88. The second-order valence-electron chi connectivity index (χ2n) is 7.04. The second kappa shape index (κ2) is 9.30. The van der Waals surface area contributed by atoms with Crippen molar-refractivity contribution in [3.05, 3.63) is 84.2 Å². The molecular formula is C24H21FN2O4. The summed E-state index contributed by atoms with van der Waals surface area (Å²) in [5.74, 6) is 0.527. The van der Waals surface area contributed by atoms with Crippen LogP contribution in [-0.2, 0) is 16.2 Å². The fraction of sp³-hybridized carbons (Fsp3) is 0.167. The van der Waals surface area contributed by atoms with Crippen LogP contribution < -0.4 is 19.7 Å². The van der Waals surface area contributed by atoms with Crippen molar-refractivity contribution in [3.63, 3.8) is 0 Å². The Hall–Kier alpha value is -3.87. The molecule has 1 N–H and O–H groups in total. The summed E-state index contributed by atoms with van der Waals surface area (Å²) in [4.78, 5) is 26.2. The Morgan fingerprint density at radius 1 is 1.06 bits per heavy atom. The predicted molar refractivity (Wildman–Crippen MR) is 115 cm³/mol. The van der Waals surface area contributed by atoms with Crippen molar-refractivity contribution in [1.82, 2.24) is 0 Å². The number of fused-ring (bicyclic) bond motifs is 1. The molecule has 0 unspecified atom stereocenters. The molecule has 6 nitrogen and oxygen atoms in total. The van der Waals surface area contributed by atoms with Gasteiger partial charge in [-0.2, -0.15) is 0 Å². The number of anilines is 2. The molecule has 7 heteroatoms. The van der Waals surface area contributed by atoms with Crippen LogP contribution in [0.2, 0.25) is 0 Å². The minimum atomic E-state index is -0.296. The van der Waals surface area contributed by atoms with Crippen LogP contribution in [0.1, 0.15) is 12.0 Å². The van der Waals surface area contributed by atoms with E-state index < -0.39 is 0 Å². The van der Waals surface area contributed by atoms with Gasteiger partial charge in [-0.25, -0.2) is 4.39 Å². The Balaban J connectivity index is 1.32. The maximum Gasteiger partial charge on any atom is 0.265 e. The minimum Gasteiger partial charge on any atom is -0.489 e. The van der Waals surface area contributed by atoms with E-state index in [1.807, 2.05) is 12.1 Å². The fourth-order valence-corrected chi connectivity index (χ4v) is 3.25. The molecule has 0 bridgehead atoms. The summed E-state index contributed by atoms with van der Waals surface area (Å²) in [6.45, 7) is 0.508. The van der Waals surface area contributed by atoms with Crippen LogP contribution in [0.15, 0.2) is 72.8 Å². The standard InChI is InChI=1S/C24H21FN2O4/c25-18-10-8-17(9-11-18)15-30-20-5-3-4-19(14-20)26-23(28)12-13-27-21-6-1-2-7-22(21)31-16-24(27)29/h1-11,14H,12-13,15-16H2,(H,26,28). The van der Waals surface area contributed by atoms with Gasteiger partial charge in [0.1, 0.15) is 23.9 Å². The van der Waals surface area contributed by atoms with Gasteiger partial charge in [-0.05, 0) is 42.0 Å². The number of hydrogen-bond acceptors (Lipinski definition) is 4. The third kappa shape index (κ3) is 5.19. The first-order chi connectivity index (χ1) is 15.1. The number of rotatable bonds is 7. The van der Waals surface area contributed by atoms with E-state index in [9.17, 15) is 14.0 Å². The topological polar surface area (TPSA) is 67.9 Å². The number of hydrogen-bond donors (Lipinski definition) is 1. The molecule has 0 aromatic heterocycles. The first kappa shape index (κ1) is 20.4. The van der Waals surface area contributed by atoms with Gasteiger partial charge in [0, 0.05) is 24.7 Å².